The first kappa shape index (κ1) is 16.4. The normalized spacial score (nSPS) is 14.0. The Kier molecular flexibility index (Phi) is 5.30. The SMILES string of the molecule is CNCCC(=O)Nc1nc(C2CC2)c(Cc2ccccc2Cl)s1. The molecule has 1 aromatic heterocycles. The summed E-state index contributed by atoms with van der Waals surface area (Å²) >= 11 is 7.85. The summed E-state index contributed by atoms with van der Waals surface area (Å²) in [6.45, 7) is 0.666. The number of halogens is 1. The molecule has 3 rings (SSSR count). The molecule has 1 saturated carbocycles. The van der Waals surface area contributed by atoms with Gasteiger partial charge in [0.2, 0.25) is 5.91 Å². The lowest BCUT2D eigenvalue weighted by molar-refractivity contribution is -0.116. The Morgan fingerprint density at radius 2 is 2.17 bits per heavy atom. The summed E-state index contributed by atoms with van der Waals surface area (Å²) in [5.74, 6) is 0.548. The molecule has 0 radical (unpaired) electrons. The maximum absolute atomic E-state index is 11.9. The van der Waals surface area contributed by atoms with Crippen LogP contribution in [-0.2, 0) is 11.2 Å². The van der Waals surface area contributed by atoms with Gasteiger partial charge in [0.05, 0.1) is 5.69 Å². The van der Waals surface area contributed by atoms with Crippen LogP contribution in [0.25, 0.3) is 0 Å². The monoisotopic (exact) mass is 349 g/mol. The summed E-state index contributed by atoms with van der Waals surface area (Å²) in [5.41, 5.74) is 2.24. The van der Waals surface area contributed by atoms with Crippen molar-refractivity contribution < 1.29 is 4.79 Å². The Labute approximate surface area is 145 Å². The molecule has 0 unspecified atom stereocenters. The first-order valence-electron chi connectivity index (χ1n) is 7.85. The summed E-state index contributed by atoms with van der Waals surface area (Å²) in [6.07, 6.45) is 3.60. The van der Waals surface area contributed by atoms with Crippen LogP contribution >= 0.6 is 22.9 Å². The van der Waals surface area contributed by atoms with Crippen molar-refractivity contribution in [3.8, 4) is 0 Å². The highest BCUT2D eigenvalue weighted by atomic mass is 35.5. The standard InChI is InChI=1S/C17H20ClN3OS/c1-19-9-8-15(22)20-17-21-16(11-6-7-11)14(23-17)10-12-4-2-3-5-13(12)18/h2-5,11,19H,6-10H2,1H3,(H,20,21,22). The first-order valence-corrected chi connectivity index (χ1v) is 9.04. The molecular formula is C17H20ClN3OS. The van der Waals surface area contributed by atoms with Crippen LogP contribution in [0.2, 0.25) is 5.02 Å². The Morgan fingerprint density at radius 3 is 2.87 bits per heavy atom. The number of rotatable bonds is 7. The summed E-state index contributed by atoms with van der Waals surface area (Å²) in [6, 6.07) is 7.90. The molecular weight excluding hydrogens is 330 g/mol. The molecule has 0 saturated heterocycles. The van der Waals surface area contributed by atoms with Crippen LogP contribution in [-0.4, -0.2) is 24.5 Å². The van der Waals surface area contributed by atoms with E-state index in [-0.39, 0.29) is 5.91 Å². The first-order chi connectivity index (χ1) is 11.2. The van der Waals surface area contributed by atoms with E-state index in [4.69, 9.17) is 11.6 Å². The van der Waals surface area contributed by atoms with E-state index in [2.05, 4.69) is 15.6 Å². The van der Waals surface area contributed by atoms with Gasteiger partial charge < -0.3 is 10.6 Å². The number of aromatic nitrogens is 1. The third kappa shape index (κ3) is 4.31. The van der Waals surface area contributed by atoms with E-state index in [1.165, 1.54) is 17.7 Å². The van der Waals surface area contributed by atoms with E-state index in [0.717, 1.165) is 22.7 Å². The Morgan fingerprint density at radius 1 is 1.39 bits per heavy atom. The van der Waals surface area contributed by atoms with Gasteiger partial charge in [-0.15, -0.1) is 11.3 Å². The molecule has 122 valence electrons. The topological polar surface area (TPSA) is 54.0 Å². The number of hydrogen-bond donors (Lipinski definition) is 2. The molecule has 1 aliphatic rings. The lowest BCUT2D eigenvalue weighted by Gasteiger charge is -2.03. The zero-order valence-corrected chi connectivity index (χ0v) is 14.6. The number of nitrogens with one attached hydrogen (secondary N) is 2. The molecule has 1 aromatic carbocycles. The molecule has 0 bridgehead atoms. The summed E-state index contributed by atoms with van der Waals surface area (Å²) in [4.78, 5) is 17.8. The van der Waals surface area contributed by atoms with Crippen LogP contribution in [0.1, 0.15) is 41.3 Å². The fraction of sp³-hybridized carbons (Fsp3) is 0.412. The van der Waals surface area contributed by atoms with Crippen LogP contribution in [0.3, 0.4) is 0 Å². The van der Waals surface area contributed by atoms with E-state index < -0.39 is 0 Å². The van der Waals surface area contributed by atoms with Crippen molar-refractivity contribution in [1.82, 2.24) is 10.3 Å². The number of amides is 1. The van der Waals surface area contributed by atoms with Gasteiger partial charge >= 0.3 is 0 Å². The number of thiazole rings is 1. The van der Waals surface area contributed by atoms with Crippen LogP contribution in [0.5, 0.6) is 0 Å². The van der Waals surface area contributed by atoms with Gasteiger partial charge in [0, 0.05) is 35.2 Å². The van der Waals surface area contributed by atoms with Crippen molar-refractivity contribution in [2.24, 2.45) is 0 Å². The molecule has 1 aliphatic carbocycles. The van der Waals surface area contributed by atoms with E-state index >= 15 is 0 Å². The molecule has 0 spiro atoms. The van der Waals surface area contributed by atoms with Crippen molar-refractivity contribution in [3.63, 3.8) is 0 Å². The van der Waals surface area contributed by atoms with Crippen molar-refractivity contribution >= 4 is 34.0 Å². The highest BCUT2D eigenvalue weighted by Crippen LogP contribution is 2.44. The number of hydrogen-bond acceptors (Lipinski definition) is 4. The molecule has 1 heterocycles. The molecule has 6 heteroatoms. The van der Waals surface area contributed by atoms with Gasteiger partial charge in [-0.05, 0) is 31.5 Å². The van der Waals surface area contributed by atoms with Crippen LogP contribution in [0, 0.1) is 0 Å². The van der Waals surface area contributed by atoms with Crippen molar-refractivity contribution in [2.75, 3.05) is 18.9 Å². The molecule has 23 heavy (non-hydrogen) atoms. The smallest absolute Gasteiger partial charge is 0.227 e. The molecule has 0 atom stereocenters. The fourth-order valence-electron chi connectivity index (χ4n) is 2.45. The average molecular weight is 350 g/mol. The van der Waals surface area contributed by atoms with Crippen LogP contribution in [0.15, 0.2) is 24.3 Å². The predicted octanol–water partition coefficient (Wildman–Crippen LogP) is 3.81. The Bertz CT molecular complexity index is 697. The van der Waals surface area contributed by atoms with Gasteiger partial charge in [0.15, 0.2) is 5.13 Å². The van der Waals surface area contributed by atoms with Gasteiger partial charge in [0.1, 0.15) is 0 Å². The number of benzene rings is 1. The van der Waals surface area contributed by atoms with Crippen LogP contribution < -0.4 is 10.6 Å². The number of nitrogens with zero attached hydrogens (tertiary/aromatic N) is 1. The molecule has 1 amide bonds. The maximum atomic E-state index is 11.9. The van der Waals surface area contributed by atoms with Crippen LogP contribution in [0.4, 0.5) is 5.13 Å². The highest BCUT2D eigenvalue weighted by Gasteiger charge is 2.30. The molecule has 2 aromatic rings. The minimum Gasteiger partial charge on any atom is -0.319 e. The summed E-state index contributed by atoms with van der Waals surface area (Å²) in [7, 11) is 1.84. The van der Waals surface area contributed by atoms with Gasteiger partial charge in [-0.2, -0.15) is 0 Å². The Hall–Kier alpha value is -1.43. The number of anilines is 1. The Balaban J connectivity index is 1.77. The fourth-order valence-corrected chi connectivity index (χ4v) is 3.74. The average Bonchev–Trinajstić information content (AvgIpc) is 3.30. The zero-order chi connectivity index (χ0) is 16.2. The third-order valence-corrected chi connectivity index (χ3v) is 5.20. The number of carbonyl (C=O) groups excluding carboxylic acids is 1. The second-order valence-corrected chi connectivity index (χ2v) is 7.26. The van der Waals surface area contributed by atoms with E-state index in [1.807, 2.05) is 31.3 Å². The van der Waals surface area contributed by atoms with Gasteiger partial charge in [0.25, 0.3) is 0 Å². The van der Waals surface area contributed by atoms with Gasteiger partial charge in [-0.1, -0.05) is 29.8 Å². The molecule has 1 fully saturated rings. The summed E-state index contributed by atoms with van der Waals surface area (Å²) < 4.78 is 0. The predicted molar refractivity (Wildman–Crippen MR) is 95.5 cm³/mol. The second-order valence-electron chi connectivity index (χ2n) is 5.77. The van der Waals surface area contributed by atoms with Gasteiger partial charge in [-0.3, -0.25) is 4.79 Å². The quantitative estimate of drug-likeness (QED) is 0.799. The van der Waals surface area contributed by atoms with Crippen molar-refractivity contribution in [3.05, 3.63) is 45.4 Å². The minimum atomic E-state index is -0.000240. The van der Waals surface area contributed by atoms with Gasteiger partial charge in [-0.25, -0.2) is 4.98 Å². The molecule has 4 nitrogen and oxygen atoms in total. The highest BCUT2D eigenvalue weighted by molar-refractivity contribution is 7.15. The number of carbonyl (C=O) groups is 1. The van der Waals surface area contributed by atoms with Crippen molar-refractivity contribution in [2.45, 2.75) is 31.6 Å². The molecule has 0 aliphatic heterocycles. The van der Waals surface area contributed by atoms with E-state index in [9.17, 15) is 4.79 Å². The van der Waals surface area contributed by atoms with Crippen molar-refractivity contribution in [1.29, 1.82) is 0 Å². The minimum absolute atomic E-state index is 0.000240. The lowest BCUT2D eigenvalue weighted by Crippen LogP contribution is -2.18. The second kappa shape index (κ2) is 7.43. The third-order valence-electron chi connectivity index (χ3n) is 3.85. The van der Waals surface area contributed by atoms with E-state index in [0.29, 0.717) is 24.0 Å². The molecule has 2 N–H and O–H groups in total. The zero-order valence-electron chi connectivity index (χ0n) is 13.1. The van der Waals surface area contributed by atoms with E-state index in [1.54, 1.807) is 11.3 Å². The summed E-state index contributed by atoms with van der Waals surface area (Å²) in [5, 5.41) is 7.38. The largest absolute Gasteiger partial charge is 0.319 e. The lowest BCUT2D eigenvalue weighted by atomic mass is 10.1. The maximum Gasteiger partial charge on any atom is 0.227 e.